The topological polar surface area (TPSA) is 37.3 Å². The second-order valence-electron chi connectivity index (χ2n) is 5.41. The first kappa shape index (κ1) is 17.2. The smallest absolute Gasteiger partial charge is 0.277 e. The van der Waals surface area contributed by atoms with Crippen LogP contribution in [0.3, 0.4) is 0 Å². The minimum atomic E-state index is -4.38. The Balaban J connectivity index is 1.90. The molecular formula is C18H13ClF3N3. The number of alkyl halides is 3. The number of benzene rings is 2. The van der Waals surface area contributed by atoms with Crippen LogP contribution in [0.15, 0.2) is 59.8 Å². The van der Waals surface area contributed by atoms with Crippen molar-refractivity contribution in [1.29, 1.82) is 0 Å². The Labute approximate surface area is 147 Å². The number of hydrogen-bond donors (Lipinski definition) is 1. The Hall–Kier alpha value is -2.60. The maximum atomic E-state index is 12.8. The van der Waals surface area contributed by atoms with E-state index in [-0.39, 0.29) is 0 Å². The number of nitrogens with zero attached hydrogens (tertiary/aromatic N) is 2. The summed E-state index contributed by atoms with van der Waals surface area (Å²) in [7, 11) is 0. The van der Waals surface area contributed by atoms with Crippen molar-refractivity contribution in [2.45, 2.75) is 13.1 Å². The van der Waals surface area contributed by atoms with E-state index in [4.69, 9.17) is 11.6 Å². The van der Waals surface area contributed by atoms with Gasteiger partial charge in [-0.15, -0.1) is 0 Å². The molecule has 0 fully saturated rings. The van der Waals surface area contributed by atoms with E-state index >= 15 is 0 Å². The maximum absolute atomic E-state index is 12.8. The standard InChI is InChI=1S/C18H13ClF3N3/c1-11(12-3-2-4-13(9-12)18(20,21)22)24-25-16-7-8-23-17-10-14(19)5-6-15(16)17/h2-10H,1H3,(H,23,25). The van der Waals surface area contributed by atoms with Crippen LogP contribution in [0.4, 0.5) is 18.9 Å². The first-order valence-corrected chi connectivity index (χ1v) is 7.74. The second kappa shape index (κ2) is 6.72. The number of fused-ring (bicyclic) bond motifs is 1. The number of nitrogens with one attached hydrogen (secondary N) is 1. The van der Waals surface area contributed by atoms with Crippen LogP contribution in [0.25, 0.3) is 10.9 Å². The Morgan fingerprint density at radius 1 is 1.12 bits per heavy atom. The molecular weight excluding hydrogens is 351 g/mol. The third-order valence-electron chi connectivity index (χ3n) is 3.66. The van der Waals surface area contributed by atoms with Crippen molar-refractivity contribution in [3.63, 3.8) is 0 Å². The van der Waals surface area contributed by atoms with E-state index in [0.29, 0.717) is 27.5 Å². The molecule has 0 aliphatic carbocycles. The lowest BCUT2D eigenvalue weighted by molar-refractivity contribution is -0.137. The predicted molar refractivity (Wildman–Crippen MR) is 94.0 cm³/mol. The van der Waals surface area contributed by atoms with E-state index in [1.807, 2.05) is 6.07 Å². The van der Waals surface area contributed by atoms with Crippen molar-refractivity contribution >= 4 is 33.9 Å². The molecule has 1 aromatic heterocycles. The van der Waals surface area contributed by atoms with Crippen molar-refractivity contribution in [3.05, 3.63) is 70.9 Å². The van der Waals surface area contributed by atoms with E-state index in [9.17, 15) is 13.2 Å². The number of rotatable bonds is 3. The van der Waals surface area contributed by atoms with Crippen LogP contribution in [0.2, 0.25) is 5.02 Å². The lowest BCUT2D eigenvalue weighted by atomic mass is 10.1. The molecule has 0 aliphatic rings. The number of hydrazone groups is 1. The van der Waals surface area contributed by atoms with Crippen LogP contribution in [0, 0.1) is 0 Å². The summed E-state index contributed by atoms with van der Waals surface area (Å²) in [5, 5.41) is 5.58. The maximum Gasteiger partial charge on any atom is 0.416 e. The van der Waals surface area contributed by atoms with Crippen LogP contribution in [0.1, 0.15) is 18.1 Å². The summed E-state index contributed by atoms with van der Waals surface area (Å²) >= 11 is 5.95. The van der Waals surface area contributed by atoms with Crippen molar-refractivity contribution in [2.24, 2.45) is 5.10 Å². The molecule has 128 valence electrons. The van der Waals surface area contributed by atoms with Gasteiger partial charge in [0.25, 0.3) is 0 Å². The summed E-state index contributed by atoms with van der Waals surface area (Å²) in [6.07, 6.45) is -2.78. The Morgan fingerprint density at radius 2 is 1.92 bits per heavy atom. The molecule has 3 nitrogen and oxygen atoms in total. The van der Waals surface area contributed by atoms with Crippen LogP contribution in [-0.4, -0.2) is 10.7 Å². The van der Waals surface area contributed by atoms with E-state index in [1.165, 1.54) is 6.07 Å². The summed E-state index contributed by atoms with van der Waals surface area (Å²) < 4.78 is 38.4. The molecule has 1 N–H and O–H groups in total. The van der Waals surface area contributed by atoms with Crippen molar-refractivity contribution < 1.29 is 13.2 Å². The predicted octanol–water partition coefficient (Wildman–Crippen LogP) is 5.74. The molecule has 0 unspecified atom stereocenters. The van der Waals surface area contributed by atoms with Crippen LogP contribution in [0.5, 0.6) is 0 Å². The van der Waals surface area contributed by atoms with Crippen molar-refractivity contribution in [1.82, 2.24) is 4.98 Å². The fourth-order valence-corrected chi connectivity index (χ4v) is 2.51. The van der Waals surface area contributed by atoms with Gasteiger partial charge >= 0.3 is 6.18 Å². The highest BCUT2D eigenvalue weighted by Gasteiger charge is 2.30. The third kappa shape index (κ3) is 3.91. The van der Waals surface area contributed by atoms with Crippen LogP contribution < -0.4 is 5.43 Å². The Kier molecular flexibility index (Phi) is 4.63. The summed E-state index contributed by atoms with van der Waals surface area (Å²) in [6, 6.07) is 12.1. The fourth-order valence-electron chi connectivity index (χ4n) is 2.35. The van der Waals surface area contributed by atoms with Gasteiger partial charge in [0.2, 0.25) is 0 Å². The molecule has 2 aromatic carbocycles. The molecule has 0 saturated heterocycles. The van der Waals surface area contributed by atoms with Gasteiger partial charge in [0, 0.05) is 16.6 Å². The molecule has 0 saturated carbocycles. The van der Waals surface area contributed by atoms with Gasteiger partial charge in [0.15, 0.2) is 0 Å². The van der Waals surface area contributed by atoms with Gasteiger partial charge in [-0.1, -0.05) is 23.7 Å². The van der Waals surface area contributed by atoms with E-state index in [0.717, 1.165) is 17.5 Å². The molecule has 0 bridgehead atoms. The molecule has 1 heterocycles. The quantitative estimate of drug-likeness (QED) is 0.475. The molecule has 25 heavy (non-hydrogen) atoms. The zero-order chi connectivity index (χ0) is 18.0. The fraction of sp³-hybridized carbons (Fsp3) is 0.111. The monoisotopic (exact) mass is 363 g/mol. The number of halogens is 4. The molecule has 3 rings (SSSR count). The summed E-state index contributed by atoms with van der Waals surface area (Å²) in [5.74, 6) is 0. The first-order valence-electron chi connectivity index (χ1n) is 7.37. The third-order valence-corrected chi connectivity index (χ3v) is 3.89. The highest BCUT2D eigenvalue weighted by atomic mass is 35.5. The number of hydrogen-bond acceptors (Lipinski definition) is 3. The molecule has 0 amide bonds. The Bertz CT molecular complexity index is 952. The van der Waals surface area contributed by atoms with Crippen LogP contribution >= 0.6 is 11.6 Å². The SMILES string of the molecule is CC(=NNc1ccnc2cc(Cl)ccc12)c1cccc(C(F)(F)F)c1. The summed E-state index contributed by atoms with van der Waals surface area (Å²) in [5.41, 5.74) is 4.40. The van der Waals surface area contributed by atoms with Gasteiger partial charge in [-0.2, -0.15) is 18.3 Å². The second-order valence-corrected chi connectivity index (χ2v) is 5.84. The molecule has 0 atom stereocenters. The normalized spacial score (nSPS) is 12.4. The number of aromatic nitrogens is 1. The molecule has 0 radical (unpaired) electrons. The van der Waals surface area contributed by atoms with Crippen molar-refractivity contribution in [2.75, 3.05) is 5.43 Å². The van der Waals surface area contributed by atoms with Crippen LogP contribution in [-0.2, 0) is 6.18 Å². The summed E-state index contributed by atoms with van der Waals surface area (Å²) in [4.78, 5) is 4.23. The minimum absolute atomic E-state index is 0.392. The largest absolute Gasteiger partial charge is 0.416 e. The van der Waals surface area contributed by atoms with Gasteiger partial charge in [-0.25, -0.2) is 0 Å². The lowest BCUT2D eigenvalue weighted by Crippen LogP contribution is -2.07. The van der Waals surface area contributed by atoms with E-state index in [1.54, 1.807) is 37.4 Å². The number of anilines is 1. The zero-order valence-electron chi connectivity index (χ0n) is 13.1. The first-order chi connectivity index (χ1) is 11.8. The highest BCUT2D eigenvalue weighted by Crippen LogP contribution is 2.30. The van der Waals surface area contributed by atoms with Gasteiger partial charge in [-0.3, -0.25) is 10.4 Å². The minimum Gasteiger partial charge on any atom is -0.277 e. The number of pyridine rings is 1. The van der Waals surface area contributed by atoms with Crippen molar-refractivity contribution in [3.8, 4) is 0 Å². The summed E-state index contributed by atoms with van der Waals surface area (Å²) in [6.45, 7) is 1.64. The zero-order valence-corrected chi connectivity index (χ0v) is 13.9. The van der Waals surface area contributed by atoms with Gasteiger partial charge in [-0.05, 0) is 48.9 Å². The highest BCUT2D eigenvalue weighted by molar-refractivity contribution is 6.31. The van der Waals surface area contributed by atoms with E-state index in [2.05, 4.69) is 15.5 Å². The average molecular weight is 364 g/mol. The Morgan fingerprint density at radius 3 is 2.68 bits per heavy atom. The molecule has 0 spiro atoms. The molecule has 3 aromatic rings. The van der Waals surface area contributed by atoms with E-state index < -0.39 is 11.7 Å². The molecule has 7 heteroatoms. The van der Waals surface area contributed by atoms with Gasteiger partial charge < -0.3 is 0 Å². The average Bonchev–Trinajstić information content (AvgIpc) is 2.58. The van der Waals surface area contributed by atoms with Gasteiger partial charge in [0.1, 0.15) is 0 Å². The molecule has 0 aliphatic heterocycles. The van der Waals surface area contributed by atoms with Gasteiger partial charge in [0.05, 0.1) is 22.5 Å². The lowest BCUT2D eigenvalue weighted by Gasteiger charge is -2.09.